The van der Waals surface area contributed by atoms with Crippen molar-refractivity contribution in [3.63, 3.8) is 0 Å². The van der Waals surface area contributed by atoms with Crippen LogP contribution >= 0.6 is 0 Å². The van der Waals surface area contributed by atoms with Gasteiger partial charge in [-0.3, -0.25) is 4.79 Å². The van der Waals surface area contributed by atoms with Gasteiger partial charge in [-0.05, 0) is 31.9 Å². The van der Waals surface area contributed by atoms with Crippen molar-refractivity contribution in [1.29, 1.82) is 0 Å². The summed E-state index contributed by atoms with van der Waals surface area (Å²) in [6.45, 7) is 5.30. The lowest BCUT2D eigenvalue weighted by molar-refractivity contribution is -0.129. The van der Waals surface area contributed by atoms with Gasteiger partial charge < -0.3 is 9.47 Å². The number of carbonyl (C=O) groups is 2. The fourth-order valence-corrected chi connectivity index (χ4v) is 2.10. The van der Waals surface area contributed by atoms with Crippen LogP contribution in [-0.2, 0) is 14.3 Å². The highest BCUT2D eigenvalue weighted by Crippen LogP contribution is 2.29. The van der Waals surface area contributed by atoms with Crippen LogP contribution in [-0.4, -0.2) is 24.0 Å². The first-order valence-corrected chi connectivity index (χ1v) is 6.81. The highest BCUT2D eigenvalue weighted by atomic mass is 16.5. The molecular weight excluding hydrogens is 268 g/mol. The normalized spacial score (nSPS) is 20.6. The van der Waals surface area contributed by atoms with E-state index in [9.17, 15) is 9.59 Å². The Bertz CT molecular complexity index is 574. The number of rotatable bonds is 6. The summed E-state index contributed by atoms with van der Waals surface area (Å²) in [5.41, 5.74) is -0.0346. The van der Waals surface area contributed by atoms with Gasteiger partial charge in [0.25, 0.3) is 0 Å². The molecule has 1 aromatic carbocycles. The Kier molecular flexibility index (Phi) is 4.58. The van der Waals surface area contributed by atoms with E-state index in [4.69, 9.17) is 9.47 Å². The van der Waals surface area contributed by atoms with E-state index in [2.05, 4.69) is 6.58 Å². The van der Waals surface area contributed by atoms with Crippen LogP contribution in [0.2, 0.25) is 0 Å². The largest absolute Gasteiger partial charge is 0.486 e. The van der Waals surface area contributed by atoms with Crippen molar-refractivity contribution in [2.45, 2.75) is 25.4 Å². The molecule has 1 aliphatic rings. The maximum absolute atomic E-state index is 12.3. The quantitative estimate of drug-likeness (QED) is 0.596. The molecule has 21 heavy (non-hydrogen) atoms. The third-order valence-electron chi connectivity index (χ3n) is 3.43. The molecule has 0 saturated carbocycles. The van der Waals surface area contributed by atoms with E-state index in [1.807, 2.05) is 6.07 Å². The molecule has 110 valence electrons. The summed E-state index contributed by atoms with van der Waals surface area (Å²) in [5.74, 6) is -0.589. The molecule has 4 nitrogen and oxygen atoms in total. The van der Waals surface area contributed by atoms with Crippen molar-refractivity contribution in [2.24, 2.45) is 0 Å². The summed E-state index contributed by atoms with van der Waals surface area (Å²) in [7, 11) is 0. The maximum Gasteiger partial charge on any atom is 0.338 e. The SMILES string of the molecule is C=CCCC1(C)OC=C(COC(=O)c2ccccc2)C1=O. The van der Waals surface area contributed by atoms with Crippen molar-refractivity contribution in [2.75, 3.05) is 6.61 Å². The standard InChI is InChI=1S/C17H18O4/c1-3-4-10-17(2)15(18)14(12-21-17)11-20-16(19)13-8-6-5-7-9-13/h3,5-9,12H,1,4,10-11H2,2H3. The second kappa shape index (κ2) is 6.39. The van der Waals surface area contributed by atoms with Gasteiger partial charge in [-0.1, -0.05) is 24.3 Å². The lowest BCUT2D eigenvalue weighted by Crippen LogP contribution is -2.34. The second-order valence-electron chi connectivity index (χ2n) is 5.09. The smallest absolute Gasteiger partial charge is 0.338 e. The van der Waals surface area contributed by atoms with E-state index in [1.165, 1.54) is 6.26 Å². The minimum absolute atomic E-state index is 0.0732. The Balaban J connectivity index is 1.92. The van der Waals surface area contributed by atoms with Crippen molar-refractivity contribution in [3.05, 3.63) is 60.4 Å². The minimum Gasteiger partial charge on any atom is -0.486 e. The monoisotopic (exact) mass is 286 g/mol. The van der Waals surface area contributed by atoms with Gasteiger partial charge in [-0.15, -0.1) is 6.58 Å². The maximum atomic E-state index is 12.3. The van der Waals surface area contributed by atoms with Crippen molar-refractivity contribution in [3.8, 4) is 0 Å². The Morgan fingerprint density at radius 2 is 2.10 bits per heavy atom. The van der Waals surface area contributed by atoms with Gasteiger partial charge in [0.2, 0.25) is 5.78 Å². The van der Waals surface area contributed by atoms with E-state index in [0.29, 0.717) is 24.0 Å². The zero-order chi connectivity index (χ0) is 15.3. The molecule has 2 rings (SSSR count). The zero-order valence-electron chi connectivity index (χ0n) is 12.0. The molecule has 0 aliphatic carbocycles. The minimum atomic E-state index is -0.872. The summed E-state index contributed by atoms with van der Waals surface area (Å²) in [6, 6.07) is 8.66. The average molecular weight is 286 g/mol. The van der Waals surface area contributed by atoms with Crippen LogP contribution in [0.15, 0.2) is 54.8 Å². The number of esters is 1. The predicted molar refractivity (Wildman–Crippen MR) is 78.7 cm³/mol. The van der Waals surface area contributed by atoms with Gasteiger partial charge in [-0.2, -0.15) is 0 Å². The fourth-order valence-electron chi connectivity index (χ4n) is 2.10. The predicted octanol–water partition coefficient (Wildman–Crippen LogP) is 3.05. The highest BCUT2D eigenvalue weighted by molar-refractivity contribution is 6.03. The van der Waals surface area contributed by atoms with Crippen LogP contribution in [0.25, 0.3) is 0 Å². The van der Waals surface area contributed by atoms with Crippen LogP contribution in [0, 0.1) is 0 Å². The number of Topliss-reactive ketones (excluding diaryl/α,β-unsaturated/α-hetero) is 1. The van der Waals surface area contributed by atoms with Crippen molar-refractivity contribution >= 4 is 11.8 Å². The van der Waals surface area contributed by atoms with Crippen LogP contribution in [0.4, 0.5) is 0 Å². The first-order chi connectivity index (χ1) is 10.1. The topological polar surface area (TPSA) is 52.6 Å². The number of hydrogen-bond donors (Lipinski definition) is 0. The average Bonchev–Trinajstić information content (AvgIpc) is 2.80. The number of ketones is 1. The lowest BCUT2D eigenvalue weighted by Gasteiger charge is -2.21. The van der Waals surface area contributed by atoms with Crippen molar-refractivity contribution in [1.82, 2.24) is 0 Å². The van der Waals surface area contributed by atoms with E-state index in [-0.39, 0.29) is 12.4 Å². The fraction of sp³-hybridized carbons (Fsp3) is 0.294. The molecule has 0 bridgehead atoms. The number of allylic oxidation sites excluding steroid dienone is 1. The van der Waals surface area contributed by atoms with Crippen molar-refractivity contribution < 1.29 is 19.1 Å². The summed E-state index contributed by atoms with van der Waals surface area (Å²) in [4.78, 5) is 24.1. The molecule has 0 radical (unpaired) electrons. The molecular formula is C17H18O4. The number of carbonyl (C=O) groups excluding carboxylic acids is 2. The second-order valence-corrected chi connectivity index (χ2v) is 5.09. The summed E-state index contributed by atoms with van der Waals surface area (Å²) >= 11 is 0. The molecule has 0 amide bonds. The van der Waals surface area contributed by atoms with Gasteiger partial charge in [0.05, 0.1) is 17.4 Å². The molecule has 4 heteroatoms. The number of ether oxygens (including phenoxy) is 2. The highest BCUT2D eigenvalue weighted by Gasteiger charge is 2.41. The van der Waals surface area contributed by atoms with Gasteiger partial charge in [0.1, 0.15) is 6.61 Å². The van der Waals surface area contributed by atoms with E-state index < -0.39 is 11.6 Å². The first-order valence-electron chi connectivity index (χ1n) is 6.81. The van der Waals surface area contributed by atoms with Gasteiger partial charge in [-0.25, -0.2) is 4.79 Å². The molecule has 1 atom stereocenters. The van der Waals surface area contributed by atoms with E-state index in [1.54, 1.807) is 37.3 Å². The van der Waals surface area contributed by atoms with Gasteiger partial charge in [0, 0.05) is 0 Å². The van der Waals surface area contributed by atoms with Crippen LogP contribution in [0.5, 0.6) is 0 Å². The van der Waals surface area contributed by atoms with Crippen LogP contribution < -0.4 is 0 Å². The number of benzene rings is 1. The van der Waals surface area contributed by atoms with Crippen LogP contribution in [0.1, 0.15) is 30.1 Å². The Hall–Kier alpha value is -2.36. The molecule has 0 spiro atoms. The zero-order valence-corrected chi connectivity index (χ0v) is 12.0. The Morgan fingerprint density at radius 3 is 2.76 bits per heavy atom. The first kappa shape index (κ1) is 15.0. The molecule has 1 aromatic rings. The molecule has 1 unspecified atom stereocenters. The van der Waals surface area contributed by atoms with E-state index in [0.717, 1.165) is 0 Å². The van der Waals surface area contributed by atoms with E-state index >= 15 is 0 Å². The molecule has 0 saturated heterocycles. The molecule has 1 aliphatic heterocycles. The molecule has 0 aromatic heterocycles. The Morgan fingerprint density at radius 1 is 1.38 bits per heavy atom. The summed E-state index contributed by atoms with van der Waals surface area (Å²) < 4.78 is 10.6. The third-order valence-corrected chi connectivity index (χ3v) is 3.43. The molecule has 0 N–H and O–H groups in total. The molecule has 0 fully saturated rings. The van der Waals surface area contributed by atoms with Gasteiger partial charge in [0.15, 0.2) is 5.60 Å². The third kappa shape index (κ3) is 3.40. The molecule has 1 heterocycles. The van der Waals surface area contributed by atoms with Crippen LogP contribution in [0.3, 0.4) is 0 Å². The Labute approximate surface area is 124 Å². The summed E-state index contributed by atoms with van der Waals surface area (Å²) in [5, 5.41) is 0. The lowest BCUT2D eigenvalue weighted by atomic mass is 9.92. The number of hydrogen-bond acceptors (Lipinski definition) is 4. The summed E-state index contributed by atoms with van der Waals surface area (Å²) in [6.07, 6.45) is 4.38. The van der Waals surface area contributed by atoms with Gasteiger partial charge >= 0.3 is 5.97 Å².